The van der Waals surface area contributed by atoms with Gasteiger partial charge in [0, 0.05) is 17.3 Å². The number of aliphatic hydroxyl groups is 1. The van der Waals surface area contributed by atoms with Gasteiger partial charge in [-0.05, 0) is 49.9 Å². The summed E-state index contributed by atoms with van der Waals surface area (Å²) in [4.78, 5) is 44.6. The van der Waals surface area contributed by atoms with Crippen molar-refractivity contribution >= 4 is 35.1 Å². The second-order valence-electron chi connectivity index (χ2n) is 9.90. The highest BCUT2D eigenvalue weighted by molar-refractivity contribution is 6.30. The second-order valence-corrected chi connectivity index (χ2v) is 10.3. The minimum atomic E-state index is -1.16. The van der Waals surface area contributed by atoms with E-state index in [0.29, 0.717) is 30.0 Å². The molecule has 1 N–H and O–H groups in total. The summed E-state index contributed by atoms with van der Waals surface area (Å²) >= 11 is 6.08. The van der Waals surface area contributed by atoms with E-state index >= 15 is 0 Å². The highest BCUT2D eigenvalue weighted by Gasteiger charge is 2.75. The molecule has 1 spiro atoms. The molecule has 1 aromatic carbocycles. The molecule has 9 heteroatoms. The third-order valence-electron chi connectivity index (χ3n) is 8.09. The Kier molecular flexibility index (Phi) is 7.78. The van der Waals surface area contributed by atoms with Crippen LogP contribution in [0.2, 0.25) is 5.02 Å². The Morgan fingerprint density at radius 1 is 1.36 bits per heavy atom. The summed E-state index contributed by atoms with van der Waals surface area (Å²) in [7, 11) is 0. The molecule has 3 fully saturated rings. The third kappa shape index (κ3) is 4.13. The molecule has 7 atom stereocenters. The van der Waals surface area contributed by atoms with E-state index in [1.165, 1.54) is 4.90 Å². The number of likely N-dealkylation sites (tertiary alicyclic amines) is 1. The summed E-state index contributed by atoms with van der Waals surface area (Å²) in [6, 6.07) is 5.28. The normalized spacial score (nSPS) is 30.1. The van der Waals surface area contributed by atoms with Crippen LogP contribution < -0.4 is 4.90 Å². The number of aliphatic hydroxyl groups excluding tert-OH is 1. The molecular weight excluding hydrogens is 484 g/mol. The first-order chi connectivity index (χ1) is 17.2. The minimum absolute atomic E-state index is 0.0777. The fourth-order valence-electron chi connectivity index (χ4n) is 6.27. The maximum atomic E-state index is 14.4. The van der Waals surface area contributed by atoms with Gasteiger partial charge in [0.2, 0.25) is 5.91 Å². The molecule has 3 aliphatic heterocycles. The van der Waals surface area contributed by atoms with E-state index in [2.05, 4.69) is 6.58 Å². The van der Waals surface area contributed by atoms with Crippen molar-refractivity contribution in [1.82, 2.24) is 4.90 Å². The summed E-state index contributed by atoms with van der Waals surface area (Å²) in [5.41, 5.74) is -0.557. The van der Waals surface area contributed by atoms with Gasteiger partial charge in [0.05, 0.1) is 37.2 Å². The number of carbonyl (C=O) groups excluding carboxylic acids is 3. The van der Waals surface area contributed by atoms with Crippen molar-refractivity contribution in [3.63, 3.8) is 0 Å². The number of hydrogen-bond donors (Lipinski definition) is 1. The van der Waals surface area contributed by atoms with Crippen molar-refractivity contribution in [3.05, 3.63) is 41.9 Å². The van der Waals surface area contributed by atoms with E-state index in [9.17, 15) is 19.5 Å². The molecule has 2 bridgehead atoms. The average molecular weight is 519 g/mol. The average Bonchev–Trinajstić information content (AvgIpc) is 3.51. The van der Waals surface area contributed by atoms with E-state index in [-0.39, 0.29) is 37.5 Å². The van der Waals surface area contributed by atoms with E-state index in [1.807, 2.05) is 13.8 Å². The van der Waals surface area contributed by atoms with E-state index in [1.54, 1.807) is 42.2 Å². The molecule has 3 saturated heterocycles. The number of rotatable bonds is 10. The number of amides is 2. The maximum absolute atomic E-state index is 14.4. The van der Waals surface area contributed by atoms with Gasteiger partial charge in [-0.3, -0.25) is 14.4 Å². The Morgan fingerprint density at radius 2 is 2.06 bits per heavy atom. The molecule has 3 heterocycles. The van der Waals surface area contributed by atoms with Gasteiger partial charge < -0.3 is 24.4 Å². The number of carbonyl (C=O) groups is 3. The van der Waals surface area contributed by atoms with E-state index in [0.717, 1.165) is 0 Å². The number of anilines is 1. The number of fused-ring (bicyclic) bond motifs is 1. The zero-order valence-corrected chi connectivity index (χ0v) is 21.8. The topological polar surface area (TPSA) is 96.4 Å². The summed E-state index contributed by atoms with van der Waals surface area (Å²) in [6.07, 6.45) is 2.87. The van der Waals surface area contributed by atoms with Gasteiger partial charge in [-0.15, -0.1) is 6.58 Å². The van der Waals surface area contributed by atoms with Crippen molar-refractivity contribution in [3.8, 4) is 0 Å². The lowest BCUT2D eigenvalue weighted by atomic mass is 9.70. The lowest BCUT2D eigenvalue weighted by Gasteiger charge is -2.40. The molecule has 1 aromatic rings. The van der Waals surface area contributed by atoms with Crippen molar-refractivity contribution in [2.45, 2.75) is 63.8 Å². The van der Waals surface area contributed by atoms with Gasteiger partial charge >= 0.3 is 5.97 Å². The molecular formula is C27H35ClN2O6. The standard InChI is InChI=1S/C27H35ClN2O6/c1-5-14-29(18-10-8-17(28)9-11-18)25(33)23-27-13-12-20(36-27)21(26(34)35-7-3)22(27)24(32)30(23)19(15-31)16(4)6-2/h5,8-11,16,19-23,31H,1,6-7,12-15H2,2-4H3/t16-,19-,20-,21+,22-,23?,27?/m0/s1. The van der Waals surface area contributed by atoms with Gasteiger partial charge in [0.25, 0.3) is 5.91 Å². The van der Waals surface area contributed by atoms with Crippen LogP contribution in [-0.2, 0) is 23.9 Å². The SMILES string of the molecule is C=CCN(C(=O)C1N([C@@H](CO)[C@@H](C)CC)C(=O)[C@@H]2[C@H](C(=O)OCC)[C@@H]3CCC12O3)c1ccc(Cl)cc1. The molecule has 4 rings (SSSR count). The lowest BCUT2D eigenvalue weighted by molar-refractivity contribution is -0.155. The van der Waals surface area contributed by atoms with Gasteiger partial charge in [0.15, 0.2) is 0 Å². The number of nitrogens with zero attached hydrogens (tertiary/aromatic N) is 2. The van der Waals surface area contributed by atoms with E-state index < -0.39 is 41.6 Å². The van der Waals surface area contributed by atoms with Crippen LogP contribution in [0, 0.1) is 17.8 Å². The zero-order valence-electron chi connectivity index (χ0n) is 21.1. The van der Waals surface area contributed by atoms with E-state index in [4.69, 9.17) is 21.1 Å². The van der Waals surface area contributed by atoms with Gasteiger partial charge in [0.1, 0.15) is 11.6 Å². The Bertz CT molecular complexity index is 1020. The first-order valence-electron chi connectivity index (χ1n) is 12.7. The molecule has 0 aliphatic carbocycles. The summed E-state index contributed by atoms with van der Waals surface area (Å²) < 4.78 is 11.8. The maximum Gasteiger partial charge on any atom is 0.312 e. The lowest BCUT2D eigenvalue weighted by Crippen LogP contribution is -2.60. The van der Waals surface area contributed by atoms with Crippen LogP contribution in [0.4, 0.5) is 5.69 Å². The predicted molar refractivity (Wildman–Crippen MR) is 135 cm³/mol. The van der Waals surface area contributed by atoms with Crippen molar-refractivity contribution in [1.29, 1.82) is 0 Å². The fraction of sp³-hybridized carbons (Fsp3) is 0.593. The molecule has 36 heavy (non-hydrogen) atoms. The van der Waals surface area contributed by atoms with Gasteiger partial charge in [-0.25, -0.2) is 0 Å². The van der Waals surface area contributed by atoms with Crippen molar-refractivity contribution < 1.29 is 29.0 Å². The highest BCUT2D eigenvalue weighted by atomic mass is 35.5. The van der Waals surface area contributed by atoms with Crippen LogP contribution in [0.5, 0.6) is 0 Å². The number of esters is 1. The smallest absolute Gasteiger partial charge is 0.312 e. The molecule has 3 aliphatic rings. The zero-order chi connectivity index (χ0) is 26.2. The third-order valence-corrected chi connectivity index (χ3v) is 8.34. The van der Waals surface area contributed by atoms with Crippen LogP contribution in [0.15, 0.2) is 36.9 Å². The highest BCUT2D eigenvalue weighted by Crippen LogP contribution is 2.59. The minimum Gasteiger partial charge on any atom is -0.466 e. The van der Waals surface area contributed by atoms with Crippen molar-refractivity contribution in [2.75, 3.05) is 24.7 Å². The molecule has 2 unspecified atom stereocenters. The Morgan fingerprint density at radius 3 is 2.64 bits per heavy atom. The molecule has 0 aromatic heterocycles. The van der Waals surface area contributed by atoms with Crippen molar-refractivity contribution in [2.24, 2.45) is 17.8 Å². The fourth-order valence-corrected chi connectivity index (χ4v) is 6.39. The van der Waals surface area contributed by atoms with Crippen LogP contribution in [-0.4, -0.2) is 71.3 Å². The Hall–Kier alpha value is -2.42. The summed E-state index contributed by atoms with van der Waals surface area (Å²) in [6.45, 7) is 9.56. The quantitative estimate of drug-likeness (QED) is 0.377. The first-order valence-corrected chi connectivity index (χ1v) is 13.1. The monoisotopic (exact) mass is 518 g/mol. The number of hydrogen-bond acceptors (Lipinski definition) is 6. The summed E-state index contributed by atoms with van der Waals surface area (Å²) in [5.74, 6) is -2.82. The van der Waals surface area contributed by atoms with Crippen LogP contribution in [0.1, 0.15) is 40.0 Å². The molecule has 0 saturated carbocycles. The number of benzene rings is 1. The van der Waals surface area contributed by atoms with Crippen LogP contribution in [0.3, 0.4) is 0 Å². The largest absolute Gasteiger partial charge is 0.466 e. The second kappa shape index (κ2) is 10.5. The molecule has 8 nitrogen and oxygen atoms in total. The Balaban J connectivity index is 1.83. The molecule has 196 valence electrons. The number of halogens is 1. The molecule has 0 radical (unpaired) electrons. The molecule has 2 amide bonds. The first kappa shape index (κ1) is 26.6. The Labute approximate surface area is 217 Å². The number of ether oxygens (including phenoxy) is 2. The van der Waals surface area contributed by atoms with Gasteiger partial charge in [-0.2, -0.15) is 0 Å². The van der Waals surface area contributed by atoms with Gasteiger partial charge in [-0.1, -0.05) is 37.9 Å². The predicted octanol–water partition coefficient (Wildman–Crippen LogP) is 3.20. The van der Waals surface area contributed by atoms with Crippen LogP contribution in [0.25, 0.3) is 0 Å². The summed E-state index contributed by atoms with van der Waals surface area (Å²) in [5, 5.41) is 10.9. The van der Waals surface area contributed by atoms with Crippen LogP contribution >= 0.6 is 11.6 Å².